The molecule has 1 N–H and O–H groups in total. The van der Waals surface area contributed by atoms with E-state index in [1.165, 1.54) is 0 Å². The molecule has 2 heterocycles. The van der Waals surface area contributed by atoms with Crippen LogP contribution in [-0.2, 0) is 9.31 Å². The van der Waals surface area contributed by atoms with Gasteiger partial charge in [0.25, 0.3) is 0 Å². The summed E-state index contributed by atoms with van der Waals surface area (Å²) in [6.07, 6.45) is 1.84. The highest BCUT2D eigenvalue weighted by Crippen LogP contribution is 2.38. The summed E-state index contributed by atoms with van der Waals surface area (Å²) in [5.41, 5.74) is 1.46. The van der Waals surface area contributed by atoms with Crippen LogP contribution in [-0.4, -0.2) is 35.2 Å². The zero-order valence-corrected chi connectivity index (χ0v) is 13.0. The quantitative estimate of drug-likeness (QED) is 0.860. The molecule has 1 saturated heterocycles. The molecule has 0 spiro atoms. The smallest absolute Gasteiger partial charge is 0.400 e. The number of aliphatic hydroxyl groups excluding tert-OH is 1. The van der Waals surface area contributed by atoms with Crippen molar-refractivity contribution in [2.24, 2.45) is 0 Å². The molecular weight excluding hydrogens is 257 g/mol. The van der Waals surface area contributed by atoms with Gasteiger partial charge in [-0.1, -0.05) is 11.2 Å². The summed E-state index contributed by atoms with van der Waals surface area (Å²) in [4.78, 5) is 0. The SMILES string of the molecule is Cc1noc(C)c1C=C(CO)B1OC(C)(C)C(C)(C)O1. The molecule has 0 unspecified atom stereocenters. The predicted molar refractivity (Wildman–Crippen MR) is 77.1 cm³/mol. The van der Waals surface area contributed by atoms with Crippen LogP contribution in [0, 0.1) is 13.8 Å². The first-order valence-corrected chi connectivity index (χ1v) is 6.78. The lowest BCUT2D eigenvalue weighted by molar-refractivity contribution is 0.00578. The number of nitrogens with zero attached hydrogens (tertiary/aromatic N) is 1. The standard InChI is InChI=1S/C14H22BNO4/c1-9-12(10(2)18-16-9)7-11(8-17)15-19-13(3,4)14(5,6)20-15/h7,17H,8H2,1-6H3. The number of aliphatic hydroxyl groups is 1. The van der Waals surface area contributed by atoms with Crippen molar-refractivity contribution in [3.8, 4) is 0 Å². The second-order valence-corrected chi connectivity index (χ2v) is 6.20. The van der Waals surface area contributed by atoms with Crippen LogP contribution in [0.4, 0.5) is 0 Å². The Morgan fingerprint density at radius 1 is 1.20 bits per heavy atom. The van der Waals surface area contributed by atoms with Crippen LogP contribution in [0.3, 0.4) is 0 Å². The minimum Gasteiger partial charge on any atom is -0.400 e. The van der Waals surface area contributed by atoms with Gasteiger partial charge in [-0.3, -0.25) is 0 Å². The Bertz CT molecular complexity index is 498. The van der Waals surface area contributed by atoms with Crippen LogP contribution < -0.4 is 0 Å². The molecule has 1 aromatic rings. The molecule has 6 heteroatoms. The number of aryl methyl sites for hydroxylation is 2. The summed E-state index contributed by atoms with van der Waals surface area (Å²) in [7, 11) is -0.557. The van der Waals surface area contributed by atoms with Crippen molar-refractivity contribution < 1.29 is 18.9 Å². The first kappa shape index (κ1) is 15.3. The molecule has 1 aromatic heterocycles. The maximum atomic E-state index is 9.63. The van der Waals surface area contributed by atoms with Crippen LogP contribution in [0.5, 0.6) is 0 Å². The number of rotatable bonds is 3. The Morgan fingerprint density at radius 2 is 1.75 bits per heavy atom. The first-order valence-electron chi connectivity index (χ1n) is 6.78. The average molecular weight is 279 g/mol. The topological polar surface area (TPSA) is 64.7 Å². The lowest BCUT2D eigenvalue weighted by Crippen LogP contribution is -2.41. The Kier molecular flexibility index (Phi) is 3.84. The van der Waals surface area contributed by atoms with Gasteiger partial charge in [0.15, 0.2) is 0 Å². The second-order valence-electron chi connectivity index (χ2n) is 6.20. The van der Waals surface area contributed by atoms with Crippen LogP contribution in [0.15, 0.2) is 10.00 Å². The van der Waals surface area contributed by atoms with Crippen molar-refractivity contribution >= 4 is 13.2 Å². The van der Waals surface area contributed by atoms with Crippen LogP contribution in [0.2, 0.25) is 0 Å². The van der Waals surface area contributed by atoms with E-state index in [-0.39, 0.29) is 6.61 Å². The molecule has 1 fully saturated rings. The summed E-state index contributed by atoms with van der Waals surface area (Å²) in [5.74, 6) is 0.713. The molecule has 0 bridgehead atoms. The van der Waals surface area contributed by atoms with Gasteiger partial charge in [-0.05, 0) is 47.0 Å². The predicted octanol–water partition coefficient (Wildman–Crippen LogP) is 2.30. The van der Waals surface area contributed by atoms with Crippen molar-refractivity contribution in [1.29, 1.82) is 0 Å². The zero-order chi connectivity index (χ0) is 15.1. The van der Waals surface area contributed by atoms with Crippen molar-refractivity contribution in [2.75, 3.05) is 6.61 Å². The molecule has 1 aliphatic heterocycles. The summed E-state index contributed by atoms with van der Waals surface area (Å²) in [5, 5.41) is 13.5. The second kappa shape index (κ2) is 5.02. The largest absolute Gasteiger partial charge is 0.492 e. The zero-order valence-electron chi connectivity index (χ0n) is 13.0. The van der Waals surface area contributed by atoms with E-state index in [0.29, 0.717) is 11.2 Å². The molecule has 20 heavy (non-hydrogen) atoms. The Balaban J connectivity index is 2.31. The van der Waals surface area contributed by atoms with Gasteiger partial charge in [0.05, 0.1) is 23.5 Å². The third-order valence-electron chi connectivity index (χ3n) is 4.16. The van der Waals surface area contributed by atoms with Gasteiger partial charge in [0.2, 0.25) is 0 Å². The number of hydrogen-bond acceptors (Lipinski definition) is 5. The Morgan fingerprint density at radius 3 is 2.15 bits per heavy atom. The summed E-state index contributed by atoms with van der Waals surface area (Å²) < 4.78 is 17.0. The highest BCUT2D eigenvalue weighted by Gasteiger charge is 2.52. The van der Waals surface area contributed by atoms with E-state index >= 15 is 0 Å². The fourth-order valence-electron chi connectivity index (χ4n) is 2.06. The van der Waals surface area contributed by atoms with E-state index in [1.807, 2.05) is 47.6 Å². The molecule has 2 rings (SSSR count). The van der Waals surface area contributed by atoms with Crippen molar-refractivity contribution in [3.63, 3.8) is 0 Å². The van der Waals surface area contributed by atoms with Gasteiger partial charge in [-0.25, -0.2) is 0 Å². The maximum Gasteiger partial charge on any atom is 0.492 e. The fourth-order valence-corrected chi connectivity index (χ4v) is 2.06. The molecule has 0 saturated carbocycles. The molecule has 0 aliphatic carbocycles. The lowest BCUT2D eigenvalue weighted by Gasteiger charge is -2.32. The molecule has 110 valence electrons. The number of aromatic nitrogens is 1. The Hall–Kier alpha value is -1.11. The van der Waals surface area contributed by atoms with Crippen molar-refractivity contribution in [1.82, 2.24) is 5.16 Å². The fraction of sp³-hybridized carbons (Fsp3) is 0.643. The molecule has 0 atom stereocenters. The maximum absolute atomic E-state index is 9.63. The number of hydrogen-bond donors (Lipinski definition) is 1. The lowest BCUT2D eigenvalue weighted by atomic mass is 9.77. The van der Waals surface area contributed by atoms with Crippen LogP contribution in [0.25, 0.3) is 6.08 Å². The van der Waals surface area contributed by atoms with E-state index in [1.54, 1.807) is 0 Å². The van der Waals surface area contributed by atoms with Gasteiger partial charge in [-0.15, -0.1) is 0 Å². The summed E-state index contributed by atoms with van der Waals surface area (Å²) >= 11 is 0. The monoisotopic (exact) mass is 279 g/mol. The summed E-state index contributed by atoms with van der Waals surface area (Å²) in [6.45, 7) is 11.5. The van der Waals surface area contributed by atoms with E-state index in [0.717, 1.165) is 11.3 Å². The van der Waals surface area contributed by atoms with Gasteiger partial charge < -0.3 is 18.9 Å². The third-order valence-corrected chi connectivity index (χ3v) is 4.16. The van der Waals surface area contributed by atoms with Crippen molar-refractivity contribution in [2.45, 2.75) is 52.7 Å². The minimum atomic E-state index is -0.557. The molecular formula is C14H22BNO4. The molecule has 1 aliphatic rings. The van der Waals surface area contributed by atoms with E-state index in [9.17, 15) is 5.11 Å². The average Bonchev–Trinajstić information content (AvgIpc) is 2.75. The minimum absolute atomic E-state index is 0.138. The highest BCUT2D eigenvalue weighted by molar-refractivity contribution is 6.55. The third kappa shape index (κ3) is 2.55. The van der Waals surface area contributed by atoms with Crippen LogP contribution >= 0.6 is 0 Å². The Labute approximate surface area is 120 Å². The van der Waals surface area contributed by atoms with E-state index in [4.69, 9.17) is 13.8 Å². The van der Waals surface area contributed by atoms with Gasteiger partial charge in [0, 0.05) is 5.56 Å². The summed E-state index contributed by atoms with van der Waals surface area (Å²) in [6, 6.07) is 0. The van der Waals surface area contributed by atoms with Gasteiger partial charge >= 0.3 is 7.12 Å². The van der Waals surface area contributed by atoms with Gasteiger partial charge in [0.1, 0.15) is 5.76 Å². The van der Waals surface area contributed by atoms with E-state index < -0.39 is 18.3 Å². The molecule has 5 nitrogen and oxygen atoms in total. The normalized spacial score (nSPS) is 21.6. The van der Waals surface area contributed by atoms with E-state index in [2.05, 4.69) is 5.16 Å². The van der Waals surface area contributed by atoms with Gasteiger partial charge in [-0.2, -0.15) is 0 Å². The van der Waals surface area contributed by atoms with Crippen molar-refractivity contribution in [3.05, 3.63) is 22.5 Å². The molecule has 0 amide bonds. The first-order chi connectivity index (χ1) is 9.18. The molecule has 0 aromatic carbocycles. The molecule has 0 radical (unpaired) electrons. The van der Waals surface area contributed by atoms with Crippen LogP contribution in [0.1, 0.15) is 44.7 Å². The highest BCUT2D eigenvalue weighted by atomic mass is 16.7.